The number of unbranched alkanes of at least 4 members (excludes halogenated alkanes) is 1. The summed E-state index contributed by atoms with van der Waals surface area (Å²) in [7, 11) is -4.10. The zero-order valence-corrected chi connectivity index (χ0v) is 25.2. The van der Waals surface area contributed by atoms with Gasteiger partial charge in [-0.1, -0.05) is 67.4 Å². The fourth-order valence-electron chi connectivity index (χ4n) is 4.43. The molecule has 0 fully saturated rings. The summed E-state index contributed by atoms with van der Waals surface area (Å²) in [6.45, 7) is 11.5. The first kappa shape index (κ1) is 30.9. The standard InChI is InChI=1S/C32H41N3O4S/c1-7-8-19-33-32(37)27(6)34(21-28-12-10-9-11-25(28)4)31(36)22-35(30-20-24(3)13-16-26(30)5)40(38,39)29-17-14-23(2)15-18-29/h9-18,20,27H,7-8,19,21-22H2,1-6H3,(H,33,37)/t27-/m0/s1. The second-order valence-electron chi connectivity index (χ2n) is 10.4. The maximum absolute atomic E-state index is 14.1. The van der Waals surface area contributed by atoms with Crippen molar-refractivity contribution in [1.29, 1.82) is 0 Å². The molecule has 8 heteroatoms. The van der Waals surface area contributed by atoms with Crippen LogP contribution < -0.4 is 9.62 Å². The number of nitrogens with zero attached hydrogens (tertiary/aromatic N) is 2. The van der Waals surface area contributed by atoms with Crippen LogP contribution in [0.3, 0.4) is 0 Å². The van der Waals surface area contributed by atoms with Crippen molar-refractivity contribution in [1.82, 2.24) is 10.2 Å². The zero-order valence-electron chi connectivity index (χ0n) is 24.4. The Labute approximate surface area is 239 Å². The van der Waals surface area contributed by atoms with Gasteiger partial charge < -0.3 is 10.2 Å². The van der Waals surface area contributed by atoms with Crippen LogP contribution in [0, 0.1) is 27.7 Å². The van der Waals surface area contributed by atoms with E-state index in [1.54, 1.807) is 37.3 Å². The average molecular weight is 564 g/mol. The quantitative estimate of drug-likeness (QED) is 0.297. The highest BCUT2D eigenvalue weighted by molar-refractivity contribution is 7.92. The van der Waals surface area contributed by atoms with Crippen molar-refractivity contribution in [2.24, 2.45) is 0 Å². The van der Waals surface area contributed by atoms with Gasteiger partial charge in [-0.05, 0) is 81.5 Å². The highest BCUT2D eigenvalue weighted by atomic mass is 32.2. The minimum Gasteiger partial charge on any atom is -0.354 e. The number of amides is 2. The lowest BCUT2D eigenvalue weighted by molar-refractivity contribution is -0.139. The van der Waals surface area contributed by atoms with E-state index in [4.69, 9.17) is 0 Å². The van der Waals surface area contributed by atoms with E-state index in [1.807, 2.05) is 71.0 Å². The number of carbonyl (C=O) groups excluding carboxylic acids is 2. The molecule has 1 N–H and O–H groups in total. The number of benzene rings is 3. The Hall–Kier alpha value is -3.65. The normalized spacial score (nSPS) is 12.1. The third-order valence-corrected chi connectivity index (χ3v) is 8.89. The van der Waals surface area contributed by atoms with Crippen LogP contribution in [0.4, 0.5) is 5.69 Å². The molecule has 0 saturated heterocycles. The maximum Gasteiger partial charge on any atom is 0.264 e. The molecule has 0 unspecified atom stereocenters. The first-order chi connectivity index (χ1) is 18.9. The van der Waals surface area contributed by atoms with Gasteiger partial charge in [0.05, 0.1) is 10.6 Å². The van der Waals surface area contributed by atoms with Gasteiger partial charge in [0.1, 0.15) is 12.6 Å². The van der Waals surface area contributed by atoms with Crippen molar-refractivity contribution < 1.29 is 18.0 Å². The summed E-state index contributed by atoms with van der Waals surface area (Å²) in [6, 6.07) is 19.0. The van der Waals surface area contributed by atoms with E-state index >= 15 is 0 Å². The third-order valence-electron chi connectivity index (χ3n) is 7.12. The minimum atomic E-state index is -4.10. The summed E-state index contributed by atoms with van der Waals surface area (Å²) in [4.78, 5) is 28.8. The van der Waals surface area contributed by atoms with E-state index in [2.05, 4.69) is 5.32 Å². The molecule has 3 aromatic rings. The van der Waals surface area contributed by atoms with Gasteiger partial charge >= 0.3 is 0 Å². The van der Waals surface area contributed by atoms with Crippen molar-refractivity contribution in [2.75, 3.05) is 17.4 Å². The zero-order chi connectivity index (χ0) is 29.4. The topological polar surface area (TPSA) is 86.8 Å². The van der Waals surface area contributed by atoms with Crippen LogP contribution in [-0.4, -0.2) is 44.3 Å². The Kier molecular flexibility index (Phi) is 10.5. The van der Waals surface area contributed by atoms with Crippen LogP contribution >= 0.6 is 0 Å². The van der Waals surface area contributed by atoms with E-state index in [0.717, 1.165) is 40.7 Å². The Morgan fingerprint density at radius 1 is 0.875 bits per heavy atom. The fraction of sp³-hybridized carbons (Fsp3) is 0.375. The van der Waals surface area contributed by atoms with Crippen molar-refractivity contribution >= 4 is 27.5 Å². The molecule has 0 saturated carbocycles. The number of hydrogen-bond donors (Lipinski definition) is 1. The van der Waals surface area contributed by atoms with E-state index < -0.39 is 28.5 Å². The third kappa shape index (κ3) is 7.50. The molecule has 7 nitrogen and oxygen atoms in total. The van der Waals surface area contributed by atoms with Crippen LogP contribution in [0.2, 0.25) is 0 Å². The molecule has 1 atom stereocenters. The Morgan fingerprint density at radius 2 is 1.52 bits per heavy atom. The number of hydrogen-bond acceptors (Lipinski definition) is 4. The second kappa shape index (κ2) is 13.6. The van der Waals surface area contributed by atoms with Crippen LogP contribution in [0.5, 0.6) is 0 Å². The van der Waals surface area contributed by atoms with Crippen molar-refractivity contribution in [3.63, 3.8) is 0 Å². The smallest absolute Gasteiger partial charge is 0.264 e. The number of rotatable bonds is 12. The largest absolute Gasteiger partial charge is 0.354 e. The summed E-state index contributed by atoms with van der Waals surface area (Å²) in [5.74, 6) is -0.729. The molecule has 0 radical (unpaired) electrons. The van der Waals surface area contributed by atoms with Crippen LogP contribution in [0.25, 0.3) is 0 Å². The van der Waals surface area contributed by atoms with Crippen molar-refractivity contribution in [3.05, 3.63) is 94.5 Å². The van der Waals surface area contributed by atoms with E-state index in [-0.39, 0.29) is 17.3 Å². The molecule has 0 aliphatic heterocycles. The van der Waals surface area contributed by atoms with Crippen molar-refractivity contribution in [3.8, 4) is 0 Å². The van der Waals surface area contributed by atoms with Gasteiger partial charge in [-0.2, -0.15) is 0 Å². The predicted octanol–water partition coefficient (Wildman–Crippen LogP) is 5.45. The van der Waals surface area contributed by atoms with E-state index in [9.17, 15) is 18.0 Å². The molecule has 3 aromatic carbocycles. The van der Waals surface area contributed by atoms with E-state index in [1.165, 1.54) is 9.21 Å². The number of nitrogens with one attached hydrogen (secondary N) is 1. The summed E-state index contributed by atoms with van der Waals surface area (Å²) >= 11 is 0. The Morgan fingerprint density at radius 3 is 2.17 bits per heavy atom. The van der Waals surface area contributed by atoms with Gasteiger partial charge in [-0.3, -0.25) is 13.9 Å². The SMILES string of the molecule is CCCCNC(=O)[C@H](C)N(Cc1ccccc1C)C(=O)CN(c1cc(C)ccc1C)S(=O)(=O)c1ccc(C)cc1. The number of sulfonamides is 1. The van der Waals surface area contributed by atoms with Gasteiger partial charge in [-0.15, -0.1) is 0 Å². The van der Waals surface area contributed by atoms with Gasteiger partial charge in [0.25, 0.3) is 10.0 Å². The lowest BCUT2D eigenvalue weighted by Gasteiger charge is -2.33. The van der Waals surface area contributed by atoms with E-state index in [0.29, 0.717) is 12.2 Å². The maximum atomic E-state index is 14.1. The Bertz CT molecular complexity index is 1430. The molecule has 0 aliphatic rings. The molecular weight excluding hydrogens is 522 g/mol. The number of anilines is 1. The highest BCUT2D eigenvalue weighted by Crippen LogP contribution is 2.29. The molecule has 0 spiro atoms. The van der Waals surface area contributed by atoms with Gasteiger partial charge in [0, 0.05) is 13.1 Å². The van der Waals surface area contributed by atoms with Gasteiger partial charge in [0.15, 0.2) is 0 Å². The van der Waals surface area contributed by atoms with Crippen molar-refractivity contribution in [2.45, 2.75) is 71.9 Å². The summed E-state index contributed by atoms with van der Waals surface area (Å²) in [6.07, 6.45) is 1.77. The molecule has 0 aromatic heterocycles. The lowest BCUT2D eigenvalue weighted by Crippen LogP contribution is -2.51. The Balaban J connectivity index is 2.05. The predicted molar refractivity (Wildman–Crippen MR) is 161 cm³/mol. The second-order valence-corrected chi connectivity index (χ2v) is 12.2. The molecule has 2 amide bonds. The molecule has 0 bridgehead atoms. The molecule has 40 heavy (non-hydrogen) atoms. The summed E-state index contributed by atoms with van der Waals surface area (Å²) in [5.41, 5.74) is 4.84. The fourth-order valence-corrected chi connectivity index (χ4v) is 5.90. The lowest BCUT2D eigenvalue weighted by atomic mass is 10.1. The van der Waals surface area contributed by atoms with Gasteiger partial charge in [-0.25, -0.2) is 8.42 Å². The molecule has 214 valence electrons. The number of aryl methyl sites for hydroxylation is 4. The van der Waals surface area contributed by atoms with Crippen LogP contribution in [0.1, 0.15) is 54.5 Å². The van der Waals surface area contributed by atoms with Gasteiger partial charge in [0.2, 0.25) is 11.8 Å². The first-order valence-corrected chi connectivity index (χ1v) is 15.2. The molecular formula is C32H41N3O4S. The summed E-state index contributed by atoms with van der Waals surface area (Å²) < 4.78 is 29.2. The van der Waals surface area contributed by atoms with Crippen LogP contribution in [0.15, 0.2) is 71.6 Å². The monoisotopic (exact) mass is 563 g/mol. The first-order valence-electron chi connectivity index (χ1n) is 13.7. The molecule has 3 rings (SSSR count). The van der Waals surface area contributed by atoms with Crippen LogP contribution in [-0.2, 0) is 26.2 Å². The average Bonchev–Trinajstić information content (AvgIpc) is 2.92. The number of carbonyl (C=O) groups is 2. The summed E-state index contributed by atoms with van der Waals surface area (Å²) in [5, 5.41) is 2.92. The molecule has 0 aliphatic carbocycles. The highest BCUT2D eigenvalue weighted by Gasteiger charge is 2.33. The molecule has 0 heterocycles. The minimum absolute atomic E-state index is 0.0996.